The molecule has 23 heavy (non-hydrogen) atoms. The highest BCUT2D eigenvalue weighted by molar-refractivity contribution is 5.98. The van der Waals surface area contributed by atoms with Crippen LogP contribution in [-0.4, -0.2) is 48.7 Å². The molecule has 1 fully saturated rings. The summed E-state index contributed by atoms with van der Waals surface area (Å²) in [5.41, 5.74) is 0.569. The molecule has 0 aliphatic carbocycles. The molecule has 124 valence electrons. The van der Waals surface area contributed by atoms with Crippen LogP contribution in [-0.2, 0) is 9.59 Å². The van der Waals surface area contributed by atoms with Gasteiger partial charge in [0.2, 0.25) is 11.8 Å². The summed E-state index contributed by atoms with van der Waals surface area (Å²) >= 11 is 0. The van der Waals surface area contributed by atoms with E-state index in [4.69, 9.17) is 4.74 Å². The summed E-state index contributed by atoms with van der Waals surface area (Å²) in [5, 5.41) is 2.77. The summed E-state index contributed by atoms with van der Waals surface area (Å²) in [5.74, 6) is 0.489. The van der Waals surface area contributed by atoms with Crippen LogP contribution < -0.4 is 10.1 Å². The minimum Gasteiger partial charge on any atom is -0.497 e. The van der Waals surface area contributed by atoms with Crippen LogP contribution in [0.2, 0.25) is 0 Å². The quantitative estimate of drug-likeness (QED) is 0.833. The molecule has 0 spiro atoms. The zero-order valence-corrected chi connectivity index (χ0v) is 13.5. The van der Waals surface area contributed by atoms with Crippen LogP contribution in [0.1, 0.15) is 36.5 Å². The van der Waals surface area contributed by atoms with Gasteiger partial charge in [0.1, 0.15) is 5.75 Å². The maximum atomic E-state index is 12.3. The summed E-state index contributed by atoms with van der Waals surface area (Å²) in [4.78, 5) is 37.5. The molecule has 2 amide bonds. The predicted molar refractivity (Wildman–Crippen MR) is 85.4 cm³/mol. The van der Waals surface area contributed by atoms with E-state index in [-0.39, 0.29) is 36.5 Å². The molecule has 2 rings (SSSR count). The first-order valence-corrected chi connectivity index (χ1v) is 7.74. The number of nitrogens with one attached hydrogen (secondary N) is 1. The third kappa shape index (κ3) is 4.55. The Hall–Kier alpha value is -2.37. The molecule has 0 bridgehead atoms. The van der Waals surface area contributed by atoms with E-state index in [0.717, 1.165) is 0 Å². The van der Waals surface area contributed by atoms with Gasteiger partial charge in [0.15, 0.2) is 5.78 Å². The first-order chi connectivity index (χ1) is 11.0. The smallest absolute Gasteiger partial charge is 0.223 e. The van der Waals surface area contributed by atoms with Gasteiger partial charge in [0, 0.05) is 44.0 Å². The monoisotopic (exact) mass is 318 g/mol. The van der Waals surface area contributed by atoms with E-state index >= 15 is 0 Å². The van der Waals surface area contributed by atoms with Gasteiger partial charge in [-0.1, -0.05) is 0 Å². The van der Waals surface area contributed by atoms with Gasteiger partial charge in [-0.3, -0.25) is 14.4 Å². The van der Waals surface area contributed by atoms with Gasteiger partial charge >= 0.3 is 0 Å². The number of amides is 2. The van der Waals surface area contributed by atoms with Gasteiger partial charge in [0.05, 0.1) is 7.11 Å². The third-order valence-corrected chi connectivity index (χ3v) is 4.00. The lowest BCUT2D eigenvalue weighted by molar-refractivity contribution is -0.132. The molecule has 1 aromatic carbocycles. The minimum atomic E-state index is -0.0872. The molecule has 1 N–H and O–H groups in total. The van der Waals surface area contributed by atoms with Crippen LogP contribution >= 0.6 is 0 Å². The second-order valence-corrected chi connectivity index (χ2v) is 5.64. The molecule has 6 heteroatoms. The van der Waals surface area contributed by atoms with Gasteiger partial charge in [-0.05, 0) is 31.2 Å². The van der Waals surface area contributed by atoms with Gasteiger partial charge in [-0.2, -0.15) is 0 Å². The first-order valence-electron chi connectivity index (χ1n) is 7.74. The Bertz CT molecular complexity index is 583. The average Bonchev–Trinajstić information content (AvgIpc) is 2.74. The maximum absolute atomic E-state index is 12.3. The summed E-state index contributed by atoms with van der Waals surface area (Å²) in [6.07, 6.45) is 0.627. The molecule has 1 heterocycles. The molecule has 0 aromatic heterocycles. The molecule has 1 atom stereocenters. The molecule has 0 unspecified atom stereocenters. The number of carbonyl (C=O) groups is 3. The number of rotatable bonds is 5. The minimum absolute atomic E-state index is 0.0403. The van der Waals surface area contributed by atoms with Crippen molar-refractivity contribution >= 4 is 17.6 Å². The summed E-state index contributed by atoms with van der Waals surface area (Å²) < 4.78 is 5.05. The van der Waals surface area contributed by atoms with Crippen LogP contribution in [0.4, 0.5) is 0 Å². The average molecular weight is 318 g/mol. The third-order valence-electron chi connectivity index (χ3n) is 4.00. The highest BCUT2D eigenvalue weighted by atomic mass is 16.5. The number of hydrogen-bond acceptors (Lipinski definition) is 4. The second-order valence-electron chi connectivity index (χ2n) is 5.64. The van der Waals surface area contributed by atoms with E-state index in [0.29, 0.717) is 30.8 Å². The molecule has 1 aliphatic heterocycles. The highest BCUT2D eigenvalue weighted by Crippen LogP contribution is 2.14. The lowest BCUT2D eigenvalue weighted by Gasteiger charge is -2.26. The van der Waals surface area contributed by atoms with Crippen molar-refractivity contribution in [1.29, 1.82) is 0 Å². The molecule has 0 radical (unpaired) electrons. The van der Waals surface area contributed by atoms with Gasteiger partial charge < -0.3 is 15.0 Å². The number of nitrogens with zero attached hydrogens (tertiary/aromatic N) is 1. The Kier molecular flexibility index (Phi) is 5.73. The molecular formula is C17H22N2O4. The largest absolute Gasteiger partial charge is 0.497 e. The Labute approximate surface area is 135 Å². The molecule has 1 saturated heterocycles. The van der Waals surface area contributed by atoms with E-state index in [2.05, 4.69) is 5.32 Å². The van der Waals surface area contributed by atoms with Crippen molar-refractivity contribution in [3.63, 3.8) is 0 Å². The van der Waals surface area contributed by atoms with E-state index in [1.165, 1.54) is 0 Å². The van der Waals surface area contributed by atoms with Crippen molar-refractivity contribution in [2.45, 2.75) is 32.2 Å². The van der Waals surface area contributed by atoms with Crippen molar-refractivity contribution in [2.75, 3.05) is 20.2 Å². The van der Waals surface area contributed by atoms with Gasteiger partial charge in [-0.25, -0.2) is 0 Å². The normalized spacial score (nSPS) is 18.1. The van der Waals surface area contributed by atoms with Crippen molar-refractivity contribution in [3.8, 4) is 5.75 Å². The Morgan fingerprint density at radius 1 is 1.26 bits per heavy atom. The predicted octanol–water partition coefficient (Wildman–Crippen LogP) is 1.40. The summed E-state index contributed by atoms with van der Waals surface area (Å²) in [7, 11) is 1.57. The number of ether oxygens (including phenoxy) is 1. The van der Waals surface area contributed by atoms with Crippen LogP contribution in [0.3, 0.4) is 0 Å². The summed E-state index contributed by atoms with van der Waals surface area (Å²) in [6, 6.07) is 6.79. The number of benzene rings is 1. The van der Waals surface area contributed by atoms with E-state index in [9.17, 15) is 14.4 Å². The van der Waals surface area contributed by atoms with Crippen molar-refractivity contribution in [3.05, 3.63) is 29.8 Å². The topological polar surface area (TPSA) is 75.7 Å². The Balaban J connectivity index is 1.89. The van der Waals surface area contributed by atoms with Gasteiger partial charge in [0.25, 0.3) is 0 Å². The van der Waals surface area contributed by atoms with Crippen molar-refractivity contribution in [1.82, 2.24) is 10.2 Å². The summed E-state index contributed by atoms with van der Waals surface area (Å²) in [6.45, 7) is 2.76. The van der Waals surface area contributed by atoms with Crippen molar-refractivity contribution in [2.24, 2.45) is 0 Å². The van der Waals surface area contributed by atoms with Gasteiger partial charge in [-0.15, -0.1) is 0 Å². The number of Topliss-reactive ketones (excluding diaryl/α,β-unsaturated/α-hetero) is 1. The number of hydrogen-bond donors (Lipinski definition) is 1. The van der Waals surface area contributed by atoms with Crippen LogP contribution in [0.5, 0.6) is 5.75 Å². The van der Waals surface area contributed by atoms with E-state index in [1.54, 1.807) is 36.3 Å². The van der Waals surface area contributed by atoms with Crippen LogP contribution in [0, 0.1) is 0 Å². The second kappa shape index (κ2) is 7.76. The SMILES string of the molecule is COc1ccc(C(=O)CCC(=O)N2CCC(=O)NC[C@H]2C)cc1. The van der Waals surface area contributed by atoms with E-state index in [1.807, 2.05) is 6.92 Å². The zero-order valence-electron chi connectivity index (χ0n) is 13.5. The van der Waals surface area contributed by atoms with E-state index < -0.39 is 0 Å². The highest BCUT2D eigenvalue weighted by Gasteiger charge is 2.24. The molecule has 1 aliphatic rings. The molecule has 1 aromatic rings. The standard InChI is InChI=1S/C17H22N2O4/c1-12-11-18-16(21)9-10-19(12)17(22)8-7-15(20)13-3-5-14(23-2)6-4-13/h3-6,12H,7-11H2,1-2H3,(H,18,21)/t12-/m1/s1. The number of ketones is 1. The fraction of sp³-hybridized carbons (Fsp3) is 0.471. The number of carbonyl (C=O) groups excluding carboxylic acids is 3. The Morgan fingerprint density at radius 2 is 1.96 bits per heavy atom. The van der Waals surface area contributed by atoms with Crippen molar-refractivity contribution < 1.29 is 19.1 Å². The molecule has 6 nitrogen and oxygen atoms in total. The Morgan fingerprint density at radius 3 is 2.61 bits per heavy atom. The maximum Gasteiger partial charge on any atom is 0.223 e. The lowest BCUT2D eigenvalue weighted by atomic mass is 10.1. The molecular weight excluding hydrogens is 296 g/mol. The van der Waals surface area contributed by atoms with Crippen LogP contribution in [0.15, 0.2) is 24.3 Å². The fourth-order valence-electron chi connectivity index (χ4n) is 2.56. The molecule has 0 saturated carbocycles. The zero-order chi connectivity index (χ0) is 16.8. The number of methoxy groups -OCH3 is 1. The first kappa shape index (κ1) is 17.0. The lowest BCUT2D eigenvalue weighted by Crippen LogP contribution is -2.41. The van der Waals surface area contributed by atoms with Crippen LogP contribution in [0.25, 0.3) is 0 Å². The fourth-order valence-corrected chi connectivity index (χ4v) is 2.56.